The van der Waals surface area contributed by atoms with Crippen LogP contribution in [0, 0.1) is 0 Å². The Morgan fingerprint density at radius 2 is 2.20 bits per heavy atom. The van der Waals surface area contributed by atoms with Gasteiger partial charge in [-0.3, -0.25) is 4.79 Å². The first-order valence-electron chi connectivity index (χ1n) is 4.77. The number of rotatable bonds is 5. The van der Waals surface area contributed by atoms with Gasteiger partial charge in [0.05, 0.1) is 0 Å². The van der Waals surface area contributed by atoms with E-state index >= 15 is 0 Å². The lowest BCUT2D eigenvalue weighted by molar-refractivity contribution is -0.142. The van der Waals surface area contributed by atoms with Crippen molar-refractivity contribution in [1.29, 1.82) is 0 Å². The minimum Gasteiger partial charge on any atom is -0.508 e. The van der Waals surface area contributed by atoms with Crippen molar-refractivity contribution in [2.24, 2.45) is 0 Å². The average Bonchev–Trinajstić information content (AvgIpc) is 2.25. The monoisotopic (exact) mass is 206 g/mol. The van der Waals surface area contributed by atoms with Crippen molar-refractivity contribution in [1.82, 2.24) is 0 Å². The van der Waals surface area contributed by atoms with Crippen LogP contribution in [0.1, 0.15) is 12.0 Å². The Morgan fingerprint density at radius 1 is 1.47 bits per heavy atom. The van der Waals surface area contributed by atoms with Gasteiger partial charge in [0.2, 0.25) is 0 Å². The summed E-state index contributed by atoms with van der Waals surface area (Å²) in [5.41, 5.74) is 0.757. The van der Waals surface area contributed by atoms with Crippen LogP contribution in [0.4, 0.5) is 0 Å². The van der Waals surface area contributed by atoms with E-state index in [2.05, 4.69) is 6.58 Å². The molecule has 3 nitrogen and oxygen atoms in total. The Kier molecular flexibility index (Phi) is 4.41. The molecule has 0 radical (unpaired) electrons. The molecule has 0 spiro atoms. The van der Waals surface area contributed by atoms with E-state index in [1.807, 2.05) is 6.07 Å². The normalized spacial score (nSPS) is 9.60. The van der Waals surface area contributed by atoms with Gasteiger partial charge in [0.15, 0.2) is 0 Å². The number of para-hydroxylation sites is 1. The summed E-state index contributed by atoms with van der Waals surface area (Å²) in [6, 6.07) is 6.96. The molecule has 0 fully saturated rings. The van der Waals surface area contributed by atoms with Gasteiger partial charge in [-0.05, 0) is 18.1 Å². The Bertz CT molecular complexity index is 344. The SMILES string of the molecule is C=CCOC(=O)CCc1ccccc1O. The maximum absolute atomic E-state index is 11.1. The summed E-state index contributed by atoms with van der Waals surface area (Å²) in [5.74, 6) is -0.0628. The molecule has 80 valence electrons. The van der Waals surface area contributed by atoms with Crippen LogP contribution in [0.25, 0.3) is 0 Å². The molecular formula is C12H14O3. The lowest BCUT2D eigenvalue weighted by Gasteiger charge is -2.03. The topological polar surface area (TPSA) is 46.5 Å². The zero-order valence-electron chi connectivity index (χ0n) is 8.48. The van der Waals surface area contributed by atoms with Crippen molar-refractivity contribution in [3.63, 3.8) is 0 Å². The number of aromatic hydroxyl groups is 1. The van der Waals surface area contributed by atoms with Crippen LogP contribution in [0.15, 0.2) is 36.9 Å². The number of benzene rings is 1. The third-order valence-electron chi connectivity index (χ3n) is 1.95. The molecule has 3 heteroatoms. The fourth-order valence-electron chi connectivity index (χ4n) is 1.18. The molecule has 0 saturated heterocycles. The van der Waals surface area contributed by atoms with E-state index in [4.69, 9.17) is 4.74 Å². The van der Waals surface area contributed by atoms with Crippen LogP contribution in [-0.4, -0.2) is 17.7 Å². The summed E-state index contributed by atoms with van der Waals surface area (Å²) in [4.78, 5) is 11.1. The molecule has 1 aromatic carbocycles. The highest BCUT2D eigenvalue weighted by Gasteiger charge is 2.05. The standard InChI is InChI=1S/C12H14O3/c1-2-9-15-12(14)8-7-10-5-3-4-6-11(10)13/h2-6,13H,1,7-9H2. The lowest BCUT2D eigenvalue weighted by atomic mass is 10.1. The molecule has 0 bridgehead atoms. The molecule has 1 aromatic rings. The largest absolute Gasteiger partial charge is 0.508 e. The minimum atomic E-state index is -0.279. The molecule has 0 aliphatic carbocycles. The highest BCUT2D eigenvalue weighted by Crippen LogP contribution is 2.17. The summed E-state index contributed by atoms with van der Waals surface area (Å²) in [6.45, 7) is 3.68. The summed E-state index contributed by atoms with van der Waals surface area (Å²) in [6.07, 6.45) is 2.28. The van der Waals surface area contributed by atoms with Crippen molar-refractivity contribution in [3.05, 3.63) is 42.5 Å². The number of aryl methyl sites for hydroxylation is 1. The molecule has 0 aliphatic heterocycles. The Balaban J connectivity index is 2.40. The van der Waals surface area contributed by atoms with Gasteiger partial charge in [-0.25, -0.2) is 0 Å². The van der Waals surface area contributed by atoms with Gasteiger partial charge in [-0.1, -0.05) is 30.9 Å². The second-order valence-corrected chi connectivity index (χ2v) is 3.10. The Hall–Kier alpha value is -1.77. The number of ether oxygens (including phenoxy) is 1. The molecule has 1 N–H and O–H groups in total. The highest BCUT2D eigenvalue weighted by atomic mass is 16.5. The molecule has 0 aromatic heterocycles. The van der Waals surface area contributed by atoms with Crippen LogP contribution in [0.2, 0.25) is 0 Å². The minimum absolute atomic E-state index is 0.217. The van der Waals surface area contributed by atoms with Gasteiger partial charge in [-0.2, -0.15) is 0 Å². The first-order chi connectivity index (χ1) is 7.24. The maximum Gasteiger partial charge on any atom is 0.306 e. The quantitative estimate of drug-likeness (QED) is 0.592. The fourth-order valence-corrected chi connectivity index (χ4v) is 1.18. The van der Waals surface area contributed by atoms with E-state index in [9.17, 15) is 9.90 Å². The number of esters is 1. The fraction of sp³-hybridized carbons (Fsp3) is 0.250. The van der Waals surface area contributed by atoms with Crippen molar-refractivity contribution in [2.75, 3.05) is 6.61 Å². The van der Waals surface area contributed by atoms with Gasteiger partial charge in [0.25, 0.3) is 0 Å². The second-order valence-electron chi connectivity index (χ2n) is 3.10. The van der Waals surface area contributed by atoms with Crippen LogP contribution in [0.5, 0.6) is 5.75 Å². The molecule has 1 rings (SSSR count). The number of hydrogen-bond acceptors (Lipinski definition) is 3. The number of carbonyl (C=O) groups is 1. The number of carbonyl (C=O) groups excluding carboxylic acids is 1. The smallest absolute Gasteiger partial charge is 0.306 e. The van der Waals surface area contributed by atoms with E-state index in [-0.39, 0.29) is 24.7 Å². The third kappa shape index (κ3) is 3.85. The summed E-state index contributed by atoms with van der Waals surface area (Å²) in [7, 11) is 0. The number of hydrogen-bond donors (Lipinski definition) is 1. The van der Waals surface area contributed by atoms with Gasteiger partial charge >= 0.3 is 5.97 Å². The van der Waals surface area contributed by atoms with E-state index in [1.54, 1.807) is 18.2 Å². The van der Waals surface area contributed by atoms with Crippen molar-refractivity contribution >= 4 is 5.97 Å². The molecule has 15 heavy (non-hydrogen) atoms. The zero-order chi connectivity index (χ0) is 11.1. The lowest BCUT2D eigenvalue weighted by Crippen LogP contribution is -2.05. The third-order valence-corrected chi connectivity index (χ3v) is 1.95. The van der Waals surface area contributed by atoms with Gasteiger partial charge in [0.1, 0.15) is 12.4 Å². The number of phenols is 1. The molecular weight excluding hydrogens is 192 g/mol. The average molecular weight is 206 g/mol. The molecule has 0 aliphatic rings. The Labute approximate surface area is 89.0 Å². The predicted octanol–water partition coefficient (Wildman–Crippen LogP) is 2.05. The first-order valence-corrected chi connectivity index (χ1v) is 4.77. The highest BCUT2D eigenvalue weighted by molar-refractivity contribution is 5.69. The molecule has 0 unspecified atom stereocenters. The Morgan fingerprint density at radius 3 is 2.87 bits per heavy atom. The van der Waals surface area contributed by atoms with E-state index in [1.165, 1.54) is 6.08 Å². The summed E-state index contributed by atoms with van der Waals surface area (Å²) < 4.78 is 4.81. The summed E-state index contributed by atoms with van der Waals surface area (Å²) in [5, 5.41) is 9.43. The van der Waals surface area contributed by atoms with E-state index in [0.29, 0.717) is 6.42 Å². The number of phenolic OH excluding ortho intramolecular Hbond substituents is 1. The van der Waals surface area contributed by atoms with Crippen molar-refractivity contribution in [2.45, 2.75) is 12.8 Å². The maximum atomic E-state index is 11.1. The molecule has 0 heterocycles. The van der Waals surface area contributed by atoms with Gasteiger partial charge in [0, 0.05) is 6.42 Å². The van der Waals surface area contributed by atoms with E-state index < -0.39 is 0 Å². The van der Waals surface area contributed by atoms with Crippen LogP contribution < -0.4 is 0 Å². The molecule has 0 atom stereocenters. The van der Waals surface area contributed by atoms with Gasteiger partial charge < -0.3 is 9.84 Å². The van der Waals surface area contributed by atoms with Crippen molar-refractivity contribution in [3.8, 4) is 5.75 Å². The van der Waals surface area contributed by atoms with Gasteiger partial charge in [-0.15, -0.1) is 0 Å². The first kappa shape index (κ1) is 11.3. The zero-order valence-corrected chi connectivity index (χ0v) is 8.48. The molecule has 0 amide bonds. The van der Waals surface area contributed by atoms with Crippen LogP contribution >= 0.6 is 0 Å². The predicted molar refractivity (Wildman–Crippen MR) is 57.6 cm³/mol. The summed E-state index contributed by atoms with van der Waals surface area (Å²) >= 11 is 0. The second kappa shape index (κ2) is 5.86. The van der Waals surface area contributed by atoms with E-state index in [0.717, 1.165) is 5.56 Å². The van der Waals surface area contributed by atoms with Crippen LogP contribution in [0.3, 0.4) is 0 Å². The van der Waals surface area contributed by atoms with Crippen molar-refractivity contribution < 1.29 is 14.6 Å². The molecule has 0 saturated carbocycles. The van der Waals surface area contributed by atoms with Crippen LogP contribution in [-0.2, 0) is 16.0 Å².